The van der Waals surface area contributed by atoms with Gasteiger partial charge in [-0.15, -0.1) is 0 Å². The first-order valence-corrected chi connectivity index (χ1v) is 6.54. The van der Waals surface area contributed by atoms with Crippen molar-refractivity contribution in [3.05, 3.63) is 70.8 Å². The fraction of sp³-hybridized carbons (Fsp3) is 0.176. The van der Waals surface area contributed by atoms with Crippen LogP contribution in [-0.4, -0.2) is 18.7 Å². The van der Waals surface area contributed by atoms with Gasteiger partial charge in [-0.1, -0.05) is 35.4 Å². The molecule has 0 amide bonds. The summed E-state index contributed by atoms with van der Waals surface area (Å²) in [7, 11) is 0. The summed E-state index contributed by atoms with van der Waals surface area (Å²) in [6.45, 7) is 3.36. The third kappa shape index (κ3) is 4.18. The van der Waals surface area contributed by atoms with E-state index in [9.17, 15) is 9.59 Å². The van der Waals surface area contributed by atoms with E-state index in [2.05, 4.69) is 0 Å². The highest BCUT2D eigenvalue weighted by Gasteiger charge is 2.10. The Morgan fingerprint density at radius 1 is 0.810 bits per heavy atom. The number of hydrogen-bond acceptors (Lipinski definition) is 4. The van der Waals surface area contributed by atoms with E-state index in [0.29, 0.717) is 11.1 Å². The molecule has 0 aliphatic rings. The summed E-state index contributed by atoms with van der Waals surface area (Å²) < 4.78 is 9.85. The van der Waals surface area contributed by atoms with Crippen molar-refractivity contribution in [3.63, 3.8) is 0 Å². The van der Waals surface area contributed by atoms with Crippen LogP contribution < -0.4 is 0 Å². The molecule has 0 spiro atoms. The quantitative estimate of drug-likeness (QED) is 0.638. The van der Waals surface area contributed by atoms with Gasteiger partial charge < -0.3 is 9.47 Å². The lowest BCUT2D eigenvalue weighted by Crippen LogP contribution is -2.13. The second kappa shape index (κ2) is 6.70. The molecule has 0 saturated carbocycles. The van der Waals surface area contributed by atoms with Crippen LogP contribution in [0.3, 0.4) is 0 Å². The number of carbonyl (C=O) groups excluding carboxylic acids is 2. The first-order valence-electron chi connectivity index (χ1n) is 6.54. The molecule has 0 N–H and O–H groups in total. The molecule has 2 aromatic carbocycles. The van der Waals surface area contributed by atoms with E-state index < -0.39 is 18.7 Å². The molecule has 0 atom stereocenters. The predicted octanol–water partition coefficient (Wildman–Crippen LogP) is 3.27. The molecule has 0 aliphatic heterocycles. The minimum Gasteiger partial charge on any atom is -0.424 e. The maximum absolute atomic E-state index is 11.8. The lowest BCUT2D eigenvalue weighted by atomic mass is 10.1. The Bertz CT molecular complexity index is 604. The largest absolute Gasteiger partial charge is 0.424 e. The summed E-state index contributed by atoms with van der Waals surface area (Å²) >= 11 is 0. The predicted molar refractivity (Wildman–Crippen MR) is 78.1 cm³/mol. The Morgan fingerprint density at radius 3 is 1.62 bits per heavy atom. The van der Waals surface area contributed by atoms with Gasteiger partial charge in [0.15, 0.2) is 0 Å². The second-order valence-electron chi connectivity index (χ2n) is 4.72. The number of esters is 2. The maximum Gasteiger partial charge on any atom is 0.341 e. The van der Waals surface area contributed by atoms with Crippen molar-refractivity contribution in [2.24, 2.45) is 0 Å². The highest BCUT2D eigenvalue weighted by atomic mass is 16.7. The molecule has 108 valence electrons. The van der Waals surface area contributed by atoms with E-state index in [1.807, 2.05) is 26.0 Å². The molecule has 0 fully saturated rings. The molecular weight excluding hydrogens is 268 g/mol. The van der Waals surface area contributed by atoms with Crippen LogP contribution in [0.25, 0.3) is 0 Å². The van der Waals surface area contributed by atoms with Crippen molar-refractivity contribution in [2.75, 3.05) is 6.79 Å². The van der Waals surface area contributed by atoms with Gasteiger partial charge in [-0.3, -0.25) is 0 Å². The van der Waals surface area contributed by atoms with Crippen molar-refractivity contribution in [2.45, 2.75) is 13.8 Å². The van der Waals surface area contributed by atoms with Crippen molar-refractivity contribution in [3.8, 4) is 0 Å². The number of benzene rings is 2. The van der Waals surface area contributed by atoms with Gasteiger partial charge in [0.05, 0.1) is 11.1 Å². The third-order valence-corrected chi connectivity index (χ3v) is 2.89. The van der Waals surface area contributed by atoms with Gasteiger partial charge in [0.2, 0.25) is 6.79 Å². The van der Waals surface area contributed by atoms with Crippen molar-refractivity contribution < 1.29 is 19.1 Å². The van der Waals surface area contributed by atoms with Crippen molar-refractivity contribution in [1.29, 1.82) is 0 Å². The van der Waals surface area contributed by atoms with Gasteiger partial charge in [-0.05, 0) is 38.1 Å². The topological polar surface area (TPSA) is 52.6 Å². The van der Waals surface area contributed by atoms with E-state index in [4.69, 9.17) is 9.47 Å². The van der Waals surface area contributed by atoms with E-state index >= 15 is 0 Å². The molecule has 0 unspecified atom stereocenters. The lowest BCUT2D eigenvalue weighted by Gasteiger charge is -2.07. The van der Waals surface area contributed by atoms with Gasteiger partial charge >= 0.3 is 11.9 Å². The zero-order chi connectivity index (χ0) is 15.2. The Hall–Kier alpha value is -2.62. The normalized spacial score (nSPS) is 10.0. The Labute approximate surface area is 123 Å². The van der Waals surface area contributed by atoms with Gasteiger partial charge in [0.25, 0.3) is 0 Å². The van der Waals surface area contributed by atoms with Gasteiger partial charge in [-0.2, -0.15) is 0 Å². The molecule has 0 aromatic heterocycles. The minimum absolute atomic E-state index is 0.403. The van der Waals surface area contributed by atoms with Gasteiger partial charge in [0, 0.05) is 0 Å². The Kier molecular flexibility index (Phi) is 4.72. The Balaban J connectivity index is 1.87. The van der Waals surface area contributed by atoms with Crippen LogP contribution in [0.4, 0.5) is 0 Å². The van der Waals surface area contributed by atoms with Gasteiger partial charge in [-0.25, -0.2) is 9.59 Å². The number of aryl methyl sites for hydroxylation is 2. The number of ether oxygens (including phenoxy) is 2. The molecule has 21 heavy (non-hydrogen) atoms. The number of carbonyl (C=O) groups is 2. The first-order chi connectivity index (χ1) is 10.1. The SMILES string of the molecule is Cc1cccc(C(=O)OCOC(=O)c2cccc(C)c2)c1. The molecule has 0 aliphatic carbocycles. The highest BCUT2D eigenvalue weighted by Crippen LogP contribution is 2.07. The molecule has 0 radical (unpaired) electrons. The van der Waals surface area contributed by atoms with E-state index in [1.165, 1.54) is 0 Å². The minimum atomic E-state index is -0.518. The molecular formula is C17H16O4. The maximum atomic E-state index is 11.8. The standard InChI is InChI=1S/C17H16O4/c1-12-5-3-7-14(9-12)16(18)20-11-21-17(19)15-8-4-6-13(2)10-15/h3-10H,11H2,1-2H3. The van der Waals surface area contributed by atoms with Crippen molar-refractivity contribution in [1.82, 2.24) is 0 Å². The van der Waals surface area contributed by atoms with Crippen LogP contribution in [0.2, 0.25) is 0 Å². The summed E-state index contributed by atoms with van der Waals surface area (Å²) in [4.78, 5) is 23.5. The summed E-state index contributed by atoms with van der Waals surface area (Å²) in [5.41, 5.74) is 2.78. The summed E-state index contributed by atoms with van der Waals surface area (Å²) in [5, 5.41) is 0. The second-order valence-corrected chi connectivity index (χ2v) is 4.72. The van der Waals surface area contributed by atoms with Crippen molar-refractivity contribution >= 4 is 11.9 Å². The molecule has 2 rings (SSSR count). The van der Waals surface area contributed by atoms with Crippen LogP contribution in [0.5, 0.6) is 0 Å². The van der Waals surface area contributed by atoms with E-state index in [1.54, 1.807) is 36.4 Å². The Morgan fingerprint density at radius 2 is 1.24 bits per heavy atom. The van der Waals surface area contributed by atoms with E-state index in [-0.39, 0.29) is 0 Å². The lowest BCUT2D eigenvalue weighted by molar-refractivity contribution is -0.0167. The smallest absolute Gasteiger partial charge is 0.341 e. The van der Waals surface area contributed by atoms with Crippen LogP contribution >= 0.6 is 0 Å². The average molecular weight is 284 g/mol. The molecule has 4 heteroatoms. The monoisotopic (exact) mass is 284 g/mol. The average Bonchev–Trinajstić information content (AvgIpc) is 2.47. The molecule has 0 saturated heterocycles. The molecule has 0 bridgehead atoms. The number of hydrogen-bond donors (Lipinski definition) is 0. The summed E-state index contributed by atoms with van der Waals surface area (Å²) in [5.74, 6) is -1.04. The fourth-order valence-electron chi connectivity index (χ4n) is 1.85. The molecule has 0 heterocycles. The van der Waals surface area contributed by atoms with Crippen LogP contribution in [0.15, 0.2) is 48.5 Å². The van der Waals surface area contributed by atoms with E-state index in [0.717, 1.165) is 11.1 Å². The summed E-state index contributed by atoms with van der Waals surface area (Å²) in [6.07, 6.45) is 0. The summed E-state index contributed by atoms with van der Waals surface area (Å²) in [6, 6.07) is 14.0. The fourth-order valence-corrected chi connectivity index (χ4v) is 1.85. The zero-order valence-electron chi connectivity index (χ0n) is 12.0. The van der Waals surface area contributed by atoms with Crippen LogP contribution in [-0.2, 0) is 9.47 Å². The van der Waals surface area contributed by atoms with Crippen LogP contribution in [0, 0.1) is 13.8 Å². The highest BCUT2D eigenvalue weighted by molar-refractivity contribution is 5.91. The molecule has 4 nitrogen and oxygen atoms in total. The first kappa shape index (κ1) is 14.8. The van der Waals surface area contributed by atoms with Gasteiger partial charge in [0.1, 0.15) is 0 Å². The third-order valence-electron chi connectivity index (χ3n) is 2.89. The van der Waals surface area contributed by atoms with Crippen LogP contribution in [0.1, 0.15) is 31.8 Å². The zero-order valence-corrected chi connectivity index (χ0v) is 12.0. The number of rotatable bonds is 4. The molecule has 2 aromatic rings.